The summed E-state index contributed by atoms with van der Waals surface area (Å²) in [4.78, 5) is 23.5. The van der Waals surface area contributed by atoms with Crippen LogP contribution in [0.15, 0.2) is 36.5 Å². The van der Waals surface area contributed by atoms with E-state index in [9.17, 15) is 4.79 Å². The summed E-state index contributed by atoms with van der Waals surface area (Å²) in [6.45, 7) is 0.759. The molecule has 2 aliphatic heterocycles. The molecule has 0 unspecified atom stereocenters. The fourth-order valence-electron chi connectivity index (χ4n) is 4.96. The highest BCUT2D eigenvalue weighted by Gasteiger charge is 2.49. The first kappa shape index (κ1) is 22.9. The lowest BCUT2D eigenvalue weighted by Gasteiger charge is -2.24. The van der Waals surface area contributed by atoms with Crippen LogP contribution in [0.5, 0.6) is 0 Å². The van der Waals surface area contributed by atoms with Crippen LogP contribution in [0.3, 0.4) is 0 Å². The average molecular weight is 468 g/mol. The summed E-state index contributed by atoms with van der Waals surface area (Å²) in [5, 5.41) is 6.35. The Hall–Kier alpha value is -2.91. The molecule has 3 heterocycles. The Balaban J connectivity index is 1.17. The van der Waals surface area contributed by atoms with Crippen molar-refractivity contribution in [2.45, 2.75) is 62.5 Å². The molecule has 1 amide bonds. The van der Waals surface area contributed by atoms with Crippen LogP contribution in [-0.2, 0) is 14.2 Å². The van der Waals surface area contributed by atoms with Gasteiger partial charge in [0.2, 0.25) is 5.95 Å². The van der Waals surface area contributed by atoms with E-state index in [0.29, 0.717) is 19.2 Å². The van der Waals surface area contributed by atoms with Gasteiger partial charge >= 0.3 is 6.09 Å². The van der Waals surface area contributed by atoms with Gasteiger partial charge in [-0.05, 0) is 31.0 Å². The molecule has 2 saturated heterocycles. The number of nitrogens with one attached hydrogen (secondary N) is 2. The van der Waals surface area contributed by atoms with Gasteiger partial charge in [-0.25, -0.2) is 14.8 Å². The van der Waals surface area contributed by atoms with E-state index in [1.807, 2.05) is 20.2 Å². The predicted octanol–water partition coefficient (Wildman–Crippen LogP) is 3.22. The zero-order valence-corrected chi connectivity index (χ0v) is 19.8. The maximum atomic E-state index is 12.4. The number of anilines is 2. The highest BCUT2D eigenvalue weighted by atomic mass is 16.6. The summed E-state index contributed by atoms with van der Waals surface area (Å²) in [6.07, 6.45) is 6.02. The molecule has 0 spiro atoms. The smallest absolute Gasteiger partial charge is 0.407 e. The molecule has 34 heavy (non-hydrogen) atoms. The van der Waals surface area contributed by atoms with Gasteiger partial charge in [0.25, 0.3) is 0 Å². The number of carbonyl (C=O) groups is 1. The number of benzene rings is 1. The minimum Gasteiger partial charge on any atom is -0.441 e. The van der Waals surface area contributed by atoms with Gasteiger partial charge in [-0.2, -0.15) is 0 Å². The molecule has 2 aromatic rings. The predicted molar refractivity (Wildman–Crippen MR) is 129 cm³/mol. The molecule has 4 atom stereocenters. The number of ether oxygens (including phenoxy) is 3. The highest BCUT2D eigenvalue weighted by molar-refractivity contribution is 5.68. The molecule has 0 radical (unpaired) electrons. The van der Waals surface area contributed by atoms with Crippen LogP contribution in [-0.4, -0.2) is 73.8 Å². The lowest BCUT2D eigenvalue weighted by atomic mass is 9.96. The second-order valence-corrected chi connectivity index (χ2v) is 9.48. The Labute approximate surface area is 200 Å². The molecule has 3 fully saturated rings. The molecule has 1 aromatic carbocycles. The van der Waals surface area contributed by atoms with Crippen LogP contribution in [0.25, 0.3) is 11.3 Å². The summed E-state index contributed by atoms with van der Waals surface area (Å²) in [6, 6.07) is 10.2. The molecule has 1 aromatic heterocycles. The summed E-state index contributed by atoms with van der Waals surface area (Å²) in [5.41, 5.74) is 2.99. The minimum atomic E-state index is -0.414. The highest BCUT2D eigenvalue weighted by Crippen LogP contribution is 2.31. The molecule has 1 aliphatic carbocycles. The van der Waals surface area contributed by atoms with Crippen molar-refractivity contribution >= 4 is 17.7 Å². The van der Waals surface area contributed by atoms with Gasteiger partial charge in [-0.3, -0.25) is 0 Å². The molecule has 3 aliphatic rings. The largest absolute Gasteiger partial charge is 0.441 e. The second kappa shape index (κ2) is 10.1. The summed E-state index contributed by atoms with van der Waals surface area (Å²) in [7, 11) is 4.03. The maximum absolute atomic E-state index is 12.4. The molecule has 182 valence electrons. The molecular weight excluding hydrogens is 434 g/mol. The topological polar surface area (TPSA) is 97.8 Å². The van der Waals surface area contributed by atoms with Crippen molar-refractivity contribution < 1.29 is 19.0 Å². The SMILES string of the molecule is CN(C)c1ccc(-c2ccnc(N[C@H]3CO[C@H]4[C@@H]3OC[C@H]4OC(=O)NC3CCCCC3)n2)cc1. The molecule has 2 N–H and O–H groups in total. The standard InChI is InChI=1S/C25H33N5O4/c1-30(2)18-10-8-16(9-11-18)19-12-13-26-24(28-19)29-20-14-32-23-21(15-33-22(20)23)34-25(31)27-17-6-4-3-5-7-17/h8-13,17,20-23H,3-7,14-15H2,1-2H3,(H,27,31)(H,26,28,29)/t20-,21+,22+,23+/m0/s1. The van der Waals surface area contributed by atoms with Crippen LogP contribution < -0.4 is 15.5 Å². The van der Waals surface area contributed by atoms with E-state index >= 15 is 0 Å². The summed E-state index contributed by atoms with van der Waals surface area (Å²) in [5.74, 6) is 0.520. The number of carbonyl (C=O) groups excluding carboxylic acids is 1. The molecule has 9 nitrogen and oxygen atoms in total. The first-order chi connectivity index (χ1) is 16.6. The Morgan fingerprint density at radius 1 is 1.03 bits per heavy atom. The first-order valence-corrected chi connectivity index (χ1v) is 12.1. The van der Waals surface area contributed by atoms with Crippen molar-refractivity contribution in [2.24, 2.45) is 0 Å². The van der Waals surface area contributed by atoms with E-state index in [0.717, 1.165) is 42.6 Å². The Kier molecular flexibility index (Phi) is 6.82. The first-order valence-electron chi connectivity index (χ1n) is 12.1. The van der Waals surface area contributed by atoms with Gasteiger partial charge < -0.3 is 29.7 Å². The Bertz CT molecular complexity index is 980. The fraction of sp³-hybridized carbons (Fsp3) is 0.560. The van der Waals surface area contributed by atoms with Crippen molar-refractivity contribution in [1.29, 1.82) is 0 Å². The van der Waals surface area contributed by atoms with Crippen molar-refractivity contribution in [3.63, 3.8) is 0 Å². The van der Waals surface area contributed by atoms with Crippen LogP contribution >= 0.6 is 0 Å². The van der Waals surface area contributed by atoms with Gasteiger partial charge in [-0.1, -0.05) is 31.4 Å². The zero-order valence-electron chi connectivity index (χ0n) is 19.8. The second-order valence-electron chi connectivity index (χ2n) is 9.48. The van der Waals surface area contributed by atoms with E-state index in [2.05, 4.69) is 49.8 Å². The maximum Gasteiger partial charge on any atom is 0.407 e. The van der Waals surface area contributed by atoms with E-state index in [4.69, 9.17) is 14.2 Å². The number of fused-ring (bicyclic) bond motifs is 1. The third-order valence-electron chi connectivity index (χ3n) is 6.84. The van der Waals surface area contributed by atoms with E-state index in [-0.39, 0.29) is 30.4 Å². The van der Waals surface area contributed by atoms with Crippen molar-refractivity contribution in [3.8, 4) is 11.3 Å². The molecule has 5 rings (SSSR count). The lowest BCUT2D eigenvalue weighted by Crippen LogP contribution is -2.42. The van der Waals surface area contributed by atoms with E-state index in [1.165, 1.54) is 6.42 Å². The van der Waals surface area contributed by atoms with Crippen LogP contribution in [0.1, 0.15) is 32.1 Å². The number of nitrogens with zero attached hydrogens (tertiary/aromatic N) is 3. The molecule has 0 bridgehead atoms. The number of amides is 1. The van der Waals surface area contributed by atoms with Gasteiger partial charge in [0.15, 0.2) is 6.10 Å². The lowest BCUT2D eigenvalue weighted by molar-refractivity contribution is 0.00314. The molecule has 9 heteroatoms. The third kappa shape index (κ3) is 5.10. The minimum absolute atomic E-state index is 0.119. The third-order valence-corrected chi connectivity index (χ3v) is 6.84. The zero-order chi connectivity index (χ0) is 23.5. The van der Waals surface area contributed by atoms with Gasteiger partial charge in [-0.15, -0.1) is 0 Å². The number of rotatable bonds is 6. The number of alkyl carbamates (subject to hydrolysis) is 1. The van der Waals surface area contributed by atoms with Crippen LogP contribution in [0.2, 0.25) is 0 Å². The monoisotopic (exact) mass is 467 g/mol. The summed E-state index contributed by atoms with van der Waals surface area (Å²) >= 11 is 0. The van der Waals surface area contributed by atoms with E-state index < -0.39 is 6.10 Å². The molecular formula is C25H33N5O4. The van der Waals surface area contributed by atoms with E-state index in [1.54, 1.807) is 6.20 Å². The number of hydrogen-bond donors (Lipinski definition) is 2. The van der Waals surface area contributed by atoms with Gasteiger partial charge in [0, 0.05) is 37.6 Å². The normalized spacial score (nSPS) is 26.6. The summed E-state index contributed by atoms with van der Waals surface area (Å²) < 4.78 is 17.6. The quantitative estimate of drug-likeness (QED) is 0.668. The Morgan fingerprint density at radius 2 is 1.79 bits per heavy atom. The van der Waals surface area contributed by atoms with Crippen molar-refractivity contribution in [1.82, 2.24) is 15.3 Å². The molecule has 1 saturated carbocycles. The Morgan fingerprint density at radius 3 is 2.56 bits per heavy atom. The van der Waals surface area contributed by atoms with Crippen molar-refractivity contribution in [2.75, 3.05) is 37.5 Å². The van der Waals surface area contributed by atoms with Crippen LogP contribution in [0.4, 0.5) is 16.4 Å². The number of hydrogen-bond acceptors (Lipinski definition) is 8. The fourth-order valence-corrected chi connectivity index (χ4v) is 4.96. The average Bonchev–Trinajstić information content (AvgIpc) is 3.43. The van der Waals surface area contributed by atoms with Gasteiger partial charge in [0.1, 0.15) is 12.2 Å². The van der Waals surface area contributed by atoms with Crippen molar-refractivity contribution in [3.05, 3.63) is 36.5 Å². The van der Waals surface area contributed by atoms with Gasteiger partial charge in [0.05, 0.1) is 24.9 Å². The van der Waals surface area contributed by atoms with Crippen LogP contribution in [0, 0.1) is 0 Å². The number of aromatic nitrogens is 2.